The Labute approximate surface area is 168 Å². The minimum atomic E-state index is -2.43. The van der Waals surface area contributed by atoms with Crippen LogP contribution in [0.5, 0.6) is 0 Å². The van der Waals surface area contributed by atoms with E-state index < -0.39 is 40.7 Å². The van der Waals surface area contributed by atoms with Gasteiger partial charge in [0.2, 0.25) is 5.79 Å². The number of halogens is 3. The average molecular weight is 416 g/mol. The molecule has 0 bridgehead atoms. The van der Waals surface area contributed by atoms with E-state index in [1.165, 1.54) is 13.1 Å². The molecule has 1 aliphatic heterocycles. The molecule has 2 rings (SSSR count). The number of likely N-dealkylation sites (N-methyl/N-ethyl adjacent to an activating group) is 1. The number of carbonyl (C=O) groups excluding carboxylic acids is 2. The van der Waals surface area contributed by atoms with Crippen LogP contribution in [0.3, 0.4) is 0 Å². The summed E-state index contributed by atoms with van der Waals surface area (Å²) in [5, 5.41) is 12.9. The van der Waals surface area contributed by atoms with Crippen LogP contribution < -0.4 is 5.32 Å². The molecular weight excluding hydrogens is 389 g/mol. The Morgan fingerprint density at radius 1 is 1.38 bits per heavy atom. The second-order valence-electron chi connectivity index (χ2n) is 7.70. The molecule has 9 heteroatoms. The molecule has 0 saturated carbocycles. The Balaban J connectivity index is 2.31. The van der Waals surface area contributed by atoms with E-state index in [2.05, 4.69) is 5.32 Å². The third-order valence-corrected chi connectivity index (χ3v) is 4.71. The fourth-order valence-electron chi connectivity index (χ4n) is 3.11. The van der Waals surface area contributed by atoms with Crippen LogP contribution in [-0.2, 0) is 14.3 Å². The summed E-state index contributed by atoms with van der Waals surface area (Å²) in [5.74, 6) is -7.69. The second-order valence-corrected chi connectivity index (χ2v) is 7.70. The van der Waals surface area contributed by atoms with Gasteiger partial charge in [0, 0.05) is 32.0 Å². The molecule has 29 heavy (non-hydrogen) atoms. The second kappa shape index (κ2) is 9.47. The van der Waals surface area contributed by atoms with Crippen molar-refractivity contribution < 1.29 is 32.6 Å². The van der Waals surface area contributed by atoms with Gasteiger partial charge in [0.1, 0.15) is 5.83 Å². The number of amides is 1. The Morgan fingerprint density at radius 2 is 2.07 bits per heavy atom. The fourth-order valence-corrected chi connectivity index (χ4v) is 3.11. The lowest BCUT2D eigenvalue weighted by Crippen LogP contribution is -2.42. The Kier molecular flexibility index (Phi) is 7.51. The molecule has 1 fully saturated rings. The Bertz CT molecular complexity index is 753. The molecule has 0 spiro atoms. The van der Waals surface area contributed by atoms with Crippen molar-refractivity contribution in [3.63, 3.8) is 0 Å². The number of carbonyl (C=O) groups is 2. The molecule has 6 nitrogen and oxygen atoms in total. The van der Waals surface area contributed by atoms with Crippen LogP contribution in [0.2, 0.25) is 0 Å². The van der Waals surface area contributed by atoms with E-state index in [0.29, 0.717) is 6.42 Å². The highest BCUT2D eigenvalue weighted by Gasteiger charge is 2.43. The maximum absolute atomic E-state index is 15.0. The molecule has 0 aromatic carbocycles. The summed E-state index contributed by atoms with van der Waals surface area (Å²) in [6.07, 6.45) is 1.96. The summed E-state index contributed by atoms with van der Waals surface area (Å²) < 4.78 is 47.5. The van der Waals surface area contributed by atoms with Crippen molar-refractivity contribution >= 4 is 11.9 Å². The minimum absolute atomic E-state index is 0.0347. The zero-order valence-electron chi connectivity index (χ0n) is 16.9. The number of nitrogens with zero attached hydrogens (tertiary/aromatic N) is 1. The minimum Gasteiger partial charge on any atom is -0.507 e. The first-order chi connectivity index (χ1) is 13.6. The standard InChI is InChI=1S/C20H27F3N2O4/c1-12(2)11-29-19(28)15(17(26)20(23)8-5-9-24-20)18(27)25(3)10-13-6-4-7-14(21)16(13)22/h6,12,24,26H,4-5,7-11H2,1-3H3/b17-15-/t20-/m1/s1. The zero-order chi connectivity index (χ0) is 21.8. The van der Waals surface area contributed by atoms with E-state index in [4.69, 9.17) is 4.74 Å². The van der Waals surface area contributed by atoms with Crippen molar-refractivity contribution in [3.05, 3.63) is 34.6 Å². The lowest BCUT2D eigenvalue weighted by atomic mass is 10.0. The van der Waals surface area contributed by atoms with Gasteiger partial charge in [-0.05, 0) is 25.3 Å². The van der Waals surface area contributed by atoms with Crippen LogP contribution >= 0.6 is 0 Å². The summed E-state index contributed by atoms with van der Waals surface area (Å²) in [5.41, 5.74) is -0.903. The molecule has 0 radical (unpaired) electrons. The van der Waals surface area contributed by atoms with E-state index in [1.54, 1.807) is 13.8 Å². The van der Waals surface area contributed by atoms with Crippen LogP contribution in [-0.4, -0.2) is 54.4 Å². The van der Waals surface area contributed by atoms with Gasteiger partial charge in [0.05, 0.1) is 6.61 Å². The largest absolute Gasteiger partial charge is 0.507 e. The first-order valence-electron chi connectivity index (χ1n) is 9.60. The molecular formula is C20H27F3N2O4. The van der Waals surface area contributed by atoms with Gasteiger partial charge in [-0.3, -0.25) is 10.1 Å². The molecule has 1 heterocycles. The quantitative estimate of drug-likeness (QED) is 0.166. The molecule has 1 atom stereocenters. The Hall–Kier alpha value is -2.29. The van der Waals surface area contributed by atoms with Crippen molar-refractivity contribution in [2.75, 3.05) is 26.7 Å². The normalized spacial score (nSPS) is 23.1. The predicted molar refractivity (Wildman–Crippen MR) is 101 cm³/mol. The van der Waals surface area contributed by atoms with Gasteiger partial charge in [0.15, 0.2) is 17.2 Å². The predicted octanol–water partition coefficient (Wildman–Crippen LogP) is 3.38. The van der Waals surface area contributed by atoms with E-state index >= 15 is 0 Å². The lowest BCUT2D eigenvalue weighted by molar-refractivity contribution is -0.143. The highest BCUT2D eigenvalue weighted by atomic mass is 19.2. The van der Waals surface area contributed by atoms with Crippen LogP contribution in [0.1, 0.15) is 39.5 Å². The van der Waals surface area contributed by atoms with Crippen LogP contribution in [0.4, 0.5) is 13.2 Å². The number of ether oxygens (including phenoxy) is 1. The summed E-state index contributed by atoms with van der Waals surface area (Å²) in [6.45, 7) is 3.44. The molecule has 1 saturated heterocycles. The van der Waals surface area contributed by atoms with Gasteiger partial charge in [-0.1, -0.05) is 19.9 Å². The van der Waals surface area contributed by atoms with E-state index in [9.17, 15) is 27.9 Å². The van der Waals surface area contributed by atoms with Gasteiger partial charge in [-0.2, -0.15) is 0 Å². The van der Waals surface area contributed by atoms with Gasteiger partial charge < -0.3 is 14.7 Å². The lowest BCUT2D eigenvalue weighted by Gasteiger charge is -2.25. The highest BCUT2D eigenvalue weighted by Crippen LogP contribution is 2.31. The molecule has 1 aliphatic carbocycles. The molecule has 0 aromatic heterocycles. The van der Waals surface area contributed by atoms with Crippen molar-refractivity contribution in [1.82, 2.24) is 10.2 Å². The first-order valence-corrected chi connectivity index (χ1v) is 9.60. The average Bonchev–Trinajstić information content (AvgIpc) is 3.11. The maximum Gasteiger partial charge on any atom is 0.347 e. The Morgan fingerprint density at radius 3 is 2.66 bits per heavy atom. The van der Waals surface area contributed by atoms with Crippen molar-refractivity contribution in [1.29, 1.82) is 0 Å². The third-order valence-electron chi connectivity index (χ3n) is 4.71. The van der Waals surface area contributed by atoms with Crippen LogP contribution in [0.15, 0.2) is 34.6 Å². The number of hydrogen-bond acceptors (Lipinski definition) is 5. The summed E-state index contributed by atoms with van der Waals surface area (Å²) >= 11 is 0. The maximum atomic E-state index is 15.0. The van der Waals surface area contributed by atoms with E-state index in [-0.39, 0.29) is 50.4 Å². The number of hydrogen-bond donors (Lipinski definition) is 2. The number of alkyl halides is 1. The number of nitrogens with one attached hydrogen (secondary N) is 1. The highest BCUT2D eigenvalue weighted by molar-refractivity contribution is 6.16. The molecule has 2 aliphatic rings. The van der Waals surface area contributed by atoms with E-state index in [1.807, 2.05) is 0 Å². The van der Waals surface area contributed by atoms with Crippen LogP contribution in [0.25, 0.3) is 0 Å². The molecule has 2 N–H and O–H groups in total. The van der Waals surface area contributed by atoms with Gasteiger partial charge in [0.25, 0.3) is 5.91 Å². The number of esters is 1. The topological polar surface area (TPSA) is 78.9 Å². The SMILES string of the molecule is CC(C)COC(=O)/C(C(=O)N(C)CC1=CCCC(F)=C1F)=C(\O)[C@@]1(F)CCCN1. The van der Waals surface area contributed by atoms with Crippen LogP contribution in [0, 0.1) is 5.92 Å². The molecule has 1 amide bonds. The smallest absolute Gasteiger partial charge is 0.347 e. The number of aliphatic hydroxyl groups excluding tert-OH is 1. The zero-order valence-corrected chi connectivity index (χ0v) is 16.9. The fraction of sp³-hybridized carbons (Fsp3) is 0.600. The molecule has 0 unspecified atom stereocenters. The number of allylic oxidation sites excluding steroid dienone is 2. The number of rotatable bonds is 7. The van der Waals surface area contributed by atoms with E-state index in [0.717, 1.165) is 4.90 Å². The van der Waals surface area contributed by atoms with Crippen molar-refractivity contribution in [2.45, 2.75) is 45.3 Å². The molecule has 162 valence electrons. The molecule has 0 aromatic rings. The summed E-state index contributed by atoms with van der Waals surface area (Å²) in [4.78, 5) is 26.3. The van der Waals surface area contributed by atoms with Gasteiger partial charge in [-0.15, -0.1) is 0 Å². The summed E-state index contributed by atoms with van der Waals surface area (Å²) in [7, 11) is 1.25. The third kappa shape index (κ3) is 5.41. The summed E-state index contributed by atoms with van der Waals surface area (Å²) in [6, 6.07) is 0. The van der Waals surface area contributed by atoms with Crippen molar-refractivity contribution in [3.8, 4) is 0 Å². The first kappa shape index (κ1) is 23.0. The monoisotopic (exact) mass is 416 g/mol. The van der Waals surface area contributed by atoms with Crippen molar-refractivity contribution in [2.24, 2.45) is 5.92 Å². The number of aliphatic hydroxyl groups is 1. The van der Waals surface area contributed by atoms with Gasteiger partial charge in [-0.25, -0.2) is 18.0 Å². The van der Waals surface area contributed by atoms with Gasteiger partial charge >= 0.3 is 5.97 Å².